The first-order valence-corrected chi connectivity index (χ1v) is 14.2. The summed E-state index contributed by atoms with van der Waals surface area (Å²) in [4.78, 5) is 49.1. The molecule has 1 aromatic heterocycles. The number of alkyl halides is 2. The summed E-state index contributed by atoms with van der Waals surface area (Å²) in [5.41, 5.74) is -0.441. The lowest BCUT2D eigenvalue weighted by molar-refractivity contribution is -0.137. The Kier molecular flexibility index (Phi) is 7.27. The molecule has 2 atom stereocenters. The van der Waals surface area contributed by atoms with E-state index in [-0.39, 0.29) is 36.3 Å². The van der Waals surface area contributed by atoms with Gasteiger partial charge in [-0.3, -0.25) is 24.2 Å². The van der Waals surface area contributed by atoms with E-state index >= 15 is 0 Å². The first-order valence-electron chi connectivity index (χ1n) is 14.2. The number of pyridine rings is 1. The fraction of sp³-hybridized carbons (Fsp3) is 0.344. The summed E-state index contributed by atoms with van der Waals surface area (Å²) in [6, 6.07) is 13.2. The van der Waals surface area contributed by atoms with Crippen molar-refractivity contribution in [2.75, 3.05) is 16.9 Å². The lowest BCUT2D eigenvalue weighted by Crippen LogP contribution is -2.64. The monoisotopic (exact) mass is 603 g/mol. The highest BCUT2D eigenvalue weighted by Crippen LogP contribution is 2.49. The summed E-state index contributed by atoms with van der Waals surface area (Å²) in [5, 5.41) is 12.2. The molecule has 3 amide bonds. The van der Waals surface area contributed by atoms with E-state index in [2.05, 4.69) is 10.3 Å². The number of nitriles is 1. The Hall–Kier alpha value is -4.92. The van der Waals surface area contributed by atoms with Crippen molar-refractivity contribution in [1.82, 2.24) is 10.3 Å². The molecule has 3 aromatic rings. The van der Waals surface area contributed by atoms with Gasteiger partial charge in [0.15, 0.2) is 5.54 Å². The van der Waals surface area contributed by atoms with Crippen molar-refractivity contribution in [3.63, 3.8) is 0 Å². The maximum absolute atomic E-state index is 14.9. The molecule has 1 saturated carbocycles. The number of nitrogens with zero attached hydrogens (tertiary/aromatic N) is 4. The molecule has 2 heterocycles. The number of rotatable bonds is 7. The van der Waals surface area contributed by atoms with Crippen molar-refractivity contribution in [3.05, 3.63) is 83.3 Å². The third-order valence-corrected chi connectivity index (χ3v) is 8.62. The number of amides is 3. The fourth-order valence-corrected chi connectivity index (χ4v) is 6.61. The Balaban J connectivity index is 1.52. The van der Waals surface area contributed by atoms with Crippen molar-refractivity contribution >= 4 is 29.2 Å². The van der Waals surface area contributed by atoms with Gasteiger partial charge in [-0.2, -0.15) is 5.26 Å². The average Bonchev–Trinajstić information content (AvgIpc) is 3.58. The Morgan fingerprint density at radius 2 is 1.91 bits per heavy atom. The van der Waals surface area contributed by atoms with Gasteiger partial charge in [-0.05, 0) is 61.2 Å². The SMILES string of the molecule is COc1cccc2c1CC[C@]2(C(=O)NC1CC(F)(F)C1)N(C(=O)C1CCC(=O)N1c1cc(C#N)ccn1)c1cccc(F)c1. The Morgan fingerprint density at radius 1 is 1.14 bits per heavy atom. The molecule has 0 bridgehead atoms. The molecule has 226 valence electrons. The van der Waals surface area contributed by atoms with Crippen molar-refractivity contribution in [3.8, 4) is 11.8 Å². The van der Waals surface area contributed by atoms with E-state index in [9.17, 15) is 32.8 Å². The van der Waals surface area contributed by atoms with Crippen LogP contribution in [0.25, 0.3) is 0 Å². The molecule has 1 aliphatic heterocycles. The van der Waals surface area contributed by atoms with Crippen molar-refractivity contribution < 1.29 is 32.3 Å². The number of aromatic nitrogens is 1. The fourth-order valence-electron chi connectivity index (χ4n) is 6.61. The Bertz CT molecular complexity index is 1700. The van der Waals surface area contributed by atoms with Gasteiger partial charge in [0.05, 0.1) is 18.7 Å². The van der Waals surface area contributed by atoms with E-state index in [4.69, 9.17) is 4.74 Å². The van der Waals surface area contributed by atoms with Crippen LogP contribution in [0.1, 0.15) is 48.8 Å². The maximum Gasteiger partial charge on any atom is 0.252 e. The highest BCUT2D eigenvalue weighted by atomic mass is 19.3. The van der Waals surface area contributed by atoms with E-state index < -0.39 is 59.9 Å². The van der Waals surface area contributed by atoms with Gasteiger partial charge in [0.25, 0.3) is 17.7 Å². The lowest BCUT2D eigenvalue weighted by atomic mass is 9.83. The minimum Gasteiger partial charge on any atom is -0.496 e. The van der Waals surface area contributed by atoms with E-state index in [1.807, 2.05) is 6.07 Å². The summed E-state index contributed by atoms with van der Waals surface area (Å²) < 4.78 is 48.0. The molecular formula is C32H28F3N5O4. The predicted molar refractivity (Wildman–Crippen MR) is 152 cm³/mol. The molecule has 6 rings (SSSR count). The topological polar surface area (TPSA) is 116 Å². The molecule has 12 heteroatoms. The first kappa shape index (κ1) is 29.2. The number of fused-ring (bicyclic) bond motifs is 1. The van der Waals surface area contributed by atoms with Crippen LogP contribution in [0, 0.1) is 17.1 Å². The van der Waals surface area contributed by atoms with Gasteiger partial charge in [-0.15, -0.1) is 0 Å². The summed E-state index contributed by atoms with van der Waals surface area (Å²) >= 11 is 0. The van der Waals surface area contributed by atoms with Gasteiger partial charge >= 0.3 is 0 Å². The summed E-state index contributed by atoms with van der Waals surface area (Å²) in [7, 11) is 1.48. The number of anilines is 2. The van der Waals surface area contributed by atoms with Gasteiger partial charge in [0.2, 0.25) is 5.91 Å². The van der Waals surface area contributed by atoms with E-state index in [0.29, 0.717) is 23.3 Å². The summed E-state index contributed by atoms with van der Waals surface area (Å²) in [6.45, 7) is 0. The van der Waals surface area contributed by atoms with Crippen LogP contribution in [-0.4, -0.2) is 47.8 Å². The second-order valence-corrected chi connectivity index (χ2v) is 11.3. The maximum atomic E-state index is 14.9. The Morgan fingerprint density at radius 3 is 2.61 bits per heavy atom. The number of carbonyl (C=O) groups excluding carboxylic acids is 3. The number of ether oxygens (including phenoxy) is 1. The van der Waals surface area contributed by atoms with Crippen LogP contribution < -0.4 is 19.9 Å². The zero-order valence-electron chi connectivity index (χ0n) is 23.7. The standard InChI is InChI=1S/C32H28F3N5O4/c1-44-26-7-3-6-24-23(26)10-12-32(24,30(43)38-21-16-31(34,35)17-21)40(22-5-2-4-20(33)15-22)29(42)25-8-9-28(41)39(25)27-14-19(18-36)11-13-37-27/h2-7,11,13-15,21,25H,8-10,12,16-17H2,1H3,(H,38,43)/t25?,32-/m0/s1. The second-order valence-electron chi connectivity index (χ2n) is 11.3. The van der Waals surface area contributed by atoms with Gasteiger partial charge in [-0.25, -0.2) is 18.2 Å². The van der Waals surface area contributed by atoms with Crippen LogP contribution >= 0.6 is 0 Å². The molecule has 0 radical (unpaired) electrons. The quantitative estimate of drug-likeness (QED) is 0.429. The normalized spacial score (nSPS) is 22.1. The minimum absolute atomic E-state index is 0.00732. The number of halogens is 3. The van der Waals surface area contributed by atoms with Crippen molar-refractivity contribution in [2.45, 2.75) is 62.1 Å². The highest BCUT2D eigenvalue weighted by molar-refractivity contribution is 6.12. The van der Waals surface area contributed by atoms with Crippen LogP contribution in [0.4, 0.5) is 24.7 Å². The lowest BCUT2D eigenvalue weighted by Gasteiger charge is -2.45. The number of methoxy groups -OCH3 is 1. The number of nitrogens with one attached hydrogen (secondary N) is 1. The van der Waals surface area contributed by atoms with Gasteiger partial charge in [-0.1, -0.05) is 18.2 Å². The van der Waals surface area contributed by atoms with Crippen LogP contribution in [0.5, 0.6) is 5.75 Å². The van der Waals surface area contributed by atoms with E-state index in [0.717, 1.165) is 6.07 Å². The highest BCUT2D eigenvalue weighted by Gasteiger charge is 2.57. The minimum atomic E-state index is -2.91. The van der Waals surface area contributed by atoms with Crippen molar-refractivity contribution in [2.24, 2.45) is 0 Å². The second kappa shape index (κ2) is 11.0. The van der Waals surface area contributed by atoms with Crippen LogP contribution in [0.15, 0.2) is 60.8 Å². The molecule has 44 heavy (non-hydrogen) atoms. The zero-order chi connectivity index (χ0) is 31.2. The van der Waals surface area contributed by atoms with E-state index in [1.54, 1.807) is 18.2 Å². The average molecular weight is 604 g/mol. The Labute approximate surface area is 251 Å². The molecular weight excluding hydrogens is 575 g/mol. The van der Waals surface area contributed by atoms with Gasteiger partial charge < -0.3 is 10.1 Å². The van der Waals surface area contributed by atoms with Crippen LogP contribution in [0.2, 0.25) is 0 Å². The molecule has 2 fully saturated rings. The number of hydrogen-bond acceptors (Lipinski definition) is 6. The van der Waals surface area contributed by atoms with E-state index in [1.165, 1.54) is 53.4 Å². The third kappa shape index (κ3) is 4.82. The van der Waals surface area contributed by atoms with Crippen molar-refractivity contribution in [1.29, 1.82) is 5.26 Å². The summed E-state index contributed by atoms with van der Waals surface area (Å²) in [6.07, 6.45) is 0.674. The molecule has 1 saturated heterocycles. The smallest absolute Gasteiger partial charge is 0.252 e. The third-order valence-electron chi connectivity index (χ3n) is 8.62. The molecule has 1 unspecified atom stereocenters. The number of hydrogen-bond donors (Lipinski definition) is 1. The zero-order valence-corrected chi connectivity index (χ0v) is 23.7. The summed E-state index contributed by atoms with van der Waals surface area (Å²) in [5.74, 6) is -4.79. The molecule has 0 spiro atoms. The van der Waals surface area contributed by atoms with Crippen LogP contribution in [0.3, 0.4) is 0 Å². The van der Waals surface area contributed by atoms with Gasteiger partial charge in [0.1, 0.15) is 23.4 Å². The number of benzene rings is 2. The molecule has 1 N–H and O–H groups in total. The molecule has 2 aliphatic carbocycles. The largest absolute Gasteiger partial charge is 0.496 e. The molecule has 2 aromatic carbocycles. The predicted octanol–water partition coefficient (Wildman–Crippen LogP) is 4.39. The molecule has 3 aliphatic rings. The number of carbonyl (C=O) groups is 3. The first-order chi connectivity index (χ1) is 21.1. The van der Waals surface area contributed by atoms with Gasteiger partial charge in [0, 0.05) is 42.8 Å². The molecule has 9 nitrogen and oxygen atoms in total. The van der Waals surface area contributed by atoms with Crippen LogP contribution in [-0.2, 0) is 26.3 Å².